The van der Waals surface area contributed by atoms with Crippen LogP contribution >= 0.6 is 11.3 Å². The minimum Gasteiger partial charge on any atom is -0.481 e. The van der Waals surface area contributed by atoms with E-state index in [1.165, 1.54) is 11.3 Å². The van der Waals surface area contributed by atoms with E-state index in [1.807, 2.05) is 32.2 Å². The number of rotatable bonds is 3. The summed E-state index contributed by atoms with van der Waals surface area (Å²) in [6.07, 6.45) is 0. The third kappa shape index (κ3) is 2.66. The Kier molecular flexibility index (Phi) is 3.94. The van der Waals surface area contributed by atoms with Gasteiger partial charge in [-0.1, -0.05) is 13.8 Å². The number of hydrogen-bond donors (Lipinski definition) is 1. The molecular weight excluding hydrogens is 262 g/mol. The maximum Gasteiger partial charge on any atom is 0.308 e. The zero-order chi connectivity index (χ0) is 14.2. The van der Waals surface area contributed by atoms with Crippen LogP contribution in [0.5, 0.6) is 0 Å². The smallest absolute Gasteiger partial charge is 0.308 e. The SMILES string of the molecule is Cc1ccsc1C(=O)N1C[C@@H](C(=O)O)[C@H](C(C)C)C1. The van der Waals surface area contributed by atoms with Crippen molar-refractivity contribution < 1.29 is 14.7 Å². The van der Waals surface area contributed by atoms with Crippen molar-refractivity contribution >= 4 is 23.2 Å². The van der Waals surface area contributed by atoms with Crippen LogP contribution < -0.4 is 0 Å². The van der Waals surface area contributed by atoms with Gasteiger partial charge in [0.25, 0.3) is 5.91 Å². The lowest BCUT2D eigenvalue weighted by atomic mass is 9.86. The quantitative estimate of drug-likeness (QED) is 0.926. The number of nitrogens with zero attached hydrogens (tertiary/aromatic N) is 1. The fraction of sp³-hybridized carbons (Fsp3) is 0.571. The Balaban J connectivity index is 2.18. The van der Waals surface area contributed by atoms with Crippen molar-refractivity contribution in [3.05, 3.63) is 21.9 Å². The molecule has 1 amide bonds. The standard InChI is InChI=1S/C14H19NO3S/c1-8(2)10-6-15(7-11(10)14(17)18)13(16)12-9(3)4-5-19-12/h4-5,8,10-11H,6-7H2,1-3H3,(H,17,18)/t10-,11+/m0/s1. The minimum atomic E-state index is -0.795. The number of thiophene rings is 1. The first kappa shape index (κ1) is 14.1. The second-order valence-corrected chi connectivity index (χ2v) is 6.41. The molecule has 104 valence electrons. The first-order valence-corrected chi connectivity index (χ1v) is 7.36. The van der Waals surface area contributed by atoms with Gasteiger partial charge in [0, 0.05) is 13.1 Å². The lowest BCUT2D eigenvalue weighted by Crippen LogP contribution is -2.29. The zero-order valence-electron chi connectivity index (χ0n) is 11.4. The molecule has 4 nitrogen and oxygen atoms in total. The largest absolute Gasteiger partial charge is 0.481 e. The molecular formula is C14H19NO3S. The van der Waals surface area contributed by atoms with E-state index in [0.29, 0.717) is 13.1 Å². The van der Waals surface area contributed by atoms with Gasteiger partial charge >= 0.3 is 5.97 Å². The van der Waals surface area contributed by atoms with Crippen LogP contribution in [-0.4, -0.2) is 35.0 Å². The second kappa shape index (κ2) is 5.33. The fourth-order valence-corrected chi connectivity index (χ4v) is 3.56. The first-order chi connectivity index (χ1) is 8.91. The molecule has 2 atom stereocenters. The molecule has 1 aromatic heterocycles. The summed E-state index contributed by atoms with van der Waals surface area (Å²) in [6, 6.07) is 1.92. The monoisotopic (exact) mass is 281 g/mol. The van der Waals surface area contributed by atoms with Crippen LogP contribution in [0.15, 0.2) is 11.4 Å². The molecule has 19 heavy (non-hydrogen) atoms. The van der Waals surface area contributed by atoms with E-state index in [1.54, 1.807) is 4.90 Å². The number of likely N-dealkylation sites (tertiary alicyclic amines) is 1. The number of carboxylic acid groups (broad SMARTS) is 1. The van der Waals surface area contributed by atoms with Crippen LogP contribution in [0.2, 0.25) is 0 Å². The van der Waals surface area contributed by atoms with E-state index in [2.05, 4.69) is 0 Å². The van der Waals surface area contributed by atoms with E-state index in [0.717, 1.165) is 10.4 Å². The normalized spacial score (nSPS) is 23.1. The van der Waals surface area contributed by atoms with Gasteiger partial charge in [0.15, 0.2) is 0 Å². The average molecular weight is 281 g/mol. The van der Waals surface area contributed by atoms with Crippen LogP contribution in [-0.2, 0) is 4.79 Å². The van der Waals surface area contributed by atoms with Gasteiger partial charge in [0.05, 0.1) is 10.8 Å². The van der Waals surface area contributed by atoms with E-state index in [-0.39, 0.29) is 17.7 Å². The molecule has 0 saturated carbocycles. The Hall–Kier alpha value is -1.36. The number of aliphatic carboxylic acids is 1. The summed E-state index contributed by atoms with van der Waals surface area (Å²) in [5, 5.41) is 11.2. The molecule has 1 saturated heterocycles. The third-order valence-electron chi connectivity index (χ3n) is 3.88. The molecule has 0 spiro atoms. The summed E-state index contributed by atoms with van der Waals surface area (Å²) in [4.78, 5) is 26.1. The van der Waals surface area contributed by atoms with Gasteiger partial charge in [-0.25, -0.2) is 0 Å². The topological polar surface area (TPSA) is 57.6 Å². The molecule has 0 unspecified atom stereocenters. The van der Waals surface area contributed by atoms with Crippen molar-refractivity contribution in [2.45, 2.75) is 20.8 Å². The van der Waals surface area contributed by atoms with E-state index < -0.39 is 11.9 Å². The summed E-state index contributed by atoms with van der Waals surface area (Å²) >= 11 is 1.43. The van der Waals surface area contributed by atoms with Gasteiger partial charge in [-0.2, -0.15) is 0 Å². The average Bonchev–Trinajstić information content (AvgIpc) is 2.93. The Bertz CT molecular complexity index is 495. The van der Waals surface area contributed by atoms with Crippen LogP contribution in [0.25, 0.3) is 0 Å². The highest BCUT2D eigenvalue weighted by molar-refractivity contribution is 7.12. The van der Waals surface area contributed by atoms with Gasteiger partial charge in [-0.05, 0) is 35.8 Å². The summed E-state index contributed by atoms with van der Waals surface area (Å²) < 4.78 is 0. The number of carboxylic acids is 1. The van der Waals surface area contributed by atoms with Crippen LogP contribution in [0.4, 0.5) is 0 Å². The Morgan fingerprint density at radius 2 is 2.11 bits per heavy atom. The number of carbonyl (C=O) groups is 2. The first-order valence-electron chi connectivity index (χ1n) is 6.48. The molecule has 2 rings (SSSR count). The predicted molar refractivity (Wildman–Crippen MR) is 74.4 cm³/mol. The highest BCUT2D eigenvalue weighted by Crippen LogP contribution is 2.31. The molecule has 1 aliphatic heterocycles. The van der Waals surface area contributed by atoms with Crippen LogP contribution in [0, 0.1) is 24.7 Å². The van der Waals surface area contributed by atoms with Gasteiger partial charge in [0.1, 0.15) is 0 Å². The predicted octanol–water partition coefficient (Wildman–Crippen LogP) is 2.49. The molecule has 0 aromatic carbocycles. The van der Waals surface area contributed by atoms with E-state index in [4.69, 9.17) is 0 Å². The summed E-state index contributed by atoms with van der Waals surface area (Å²) in [7, 11) is 0. The Labute approximate surface area is 117 Å². The molecule has 1 aliphatic rings. The fourth-order valence-electron chi connectivity index (χ4n) is 2.67. The Morgan fingerprint density at radius 3 is 2.53 bits per heavy atom. The number of aryl methyl sites for hydroxylation is 1. The highest BCUT2D eigenvalue weighted by atomic mass is 32.1. The van der Waals surface area contributed by atoms with Gasteiger partial charge in [-0.15, -0.1) is 11.3 Å². The van der Waals surface area contributed by atoms with Crippen LogP contribution in [0.1, 0.15) is 29.1 Å². The minimum absolute atomic E-state index is 0.0260. The lowest BCUT2D eigenvalue weighted by molar-refractivity contribution is -0.142. The van der Waals surface area contributed by atoms with E-state index in [9.17, 15) is 14.7 Å². The number of amides is 1. The van der Waals surface area contributed by atoms with Crippen molar-refractivity contribution in [3.63, 3.8) is 0 Å². The van der Waals surface area contributed by atoms with Crippen molar-refractivity contribution in [2.24, 2.45) is 17.8 Å². The number of carbonyl (C=O) groups excluding carboxylic acids is 1. The molecule has 0 radical (unpaired) electrons. The van der Waals surface area contributed by atoms with Crippen molar-refractivity contribution in [2.75, 3.05) is 13.1 Å². The molecule has 1 N–H and O–H groups in total. The highest BCUT2D eigenvalue weighted by Gasteiger charge is 2.41. The summed E-state index contributed by atoms with van der Waals surface area (Å²) in [6.45, 7) is 6.82. The van der Waals surface area contributed by atoms with Gasteiger partial charge in [0.2, 0.25) is 0 Å². The maximum atomic E-state index is 12.4. The second-order valence-electron chi connectivity index (χ2n) is 5.50. The molecule has 1 aromatic rings. The summed E-state index contributed by atoms with van der Waals surface area (Å²) in [5.74, 6) is -0.951. The summed E-state index contributed by atoms with van der Waals surface area (Å²) in [5.41, 5.74) is 0.967. The van der Waals surface area contributed by atoms with Crippen molar-refractivity contribution in [1.29, 1.82) is 0 Å². The number of hydrogen-bond acceptors (Lipinski definition) is 3. The van der Waals surface area contributed by atoms with Crippen LogP contribution in [0.3, 0.4) is 0 Å². The lowest BCUT2D eigenvalue weighted by Gasteiger charge is -2.18. The molecule has 0 bridgehead atoms. The molecule has 1 fully saturated rings. The molecule has 0 aliphatic carbocycles. The van der Waals surface area contributed by atoms with Crippen molar-refractivity contribution in [1.82, 2.24) is 4.90 Å². The Morgan fingerprint density at radius 1 is 1.42 bits per heavy atom. The van der Waals surface area contributed by atoms with Crippen molar-refractivity contribution in [3.8, 4) is 0 Å². The maximum absolute atomic E-state index is 12.4. The van der Waals surface area contributed by atoms with Gasteiger partial charge in [-0.3, -0.25) is 9.59 Å². The van der Waals surface area contributed by atoms with E-state index >= 15 is 0 Å². The van der Waals surface area contributed by atoms with Gasteiger partial charge < -0.3 is 10.0 Å². The zero-order valence-corrected chi connectivity index (χ0v) is 12.2. The molecule has 2 heterocycles. The third-order valence-corrected chi connectivity index (χ3v) is 4.89. The molecule has 5 heteroatoms.